The highest BCUT2D eigenvalue weighted by Gasteiger charge is 2.14. The Morgan fingerprint density at radius 2 is 1.88 bits per heavy atom. The minimum absolute atomic E-state index is 0.00606. The number of amides is 1. The Morgan fingerprint density at radius 1 is 1.08 bits per heavy atom. The van der Waals surface area contributed by atoms with Gasteiger partial charge in [-0.3, -0.25) is 4.79 Å². The van der Waals surface area contributed by atoms with Crippen LogP contribution >= 0.6 is 22.7 Å². The van der Waals surface area contributed by atoms with Gasteiger partial charge in [-0.25, -0.2) is 13.4 Å². The Morgan fingerprint density at radius 3 is 2.62 bits per heavy atom. The van der Waals surface area contributed by atoms with Crippen LogP contribution in [0.1, 0.15) is 18.4 Å². The molecule has 136 valence electrons. The van der Waals surface area contributed by atoms with Crippen LogP contribution in [0.15, 0.2) is 53.2 Å². The molecule has 1 N–H and O–H groups in total. The first kappa shape index (κ1) is 18.8. The summed E-state index contributed by atoms with van der Waals surface area (Å²) >= 11 is 2.95. The first-order valence-electron chi connectivity index (χ1n) is 8.05. The summed E-state index contributed by atoms with van der Waals surface area (Å²) in [5, 5.41) is 7.14. The van der Waals surface area contributed by atoms with Crippen LogP contribution in [0, 0.1) is 0 Å². The summed E-state index contributed by atoms with van der Waals surface area (Å²) in [7, 11) is -3.22. The van der Waals surface area contributed by atoms with Crippen LogP contribution in [0.5, 0.6) is 0 Å². The molecule has 0 spiro atoms. The van der Waals surface area contributed by atoms with Gasteiger partial charge in [-0.1, -0.05) is 36.4 Å². The number of aromatic nitrogens is 1. The Labute approximate surface area is 160 Å². The number of rotatable bonds is 8. The zero-order chi connectivity index (χ0) is 18.4. The number of nitrogens with zero attached hydrogens (tertiary/aromatic N) is 1. The quantitative estimate of drug-likeness (QED) is 0.608. The van der Waals surface area contributed by atoms with Crippen molar-refractivity contribution in [1.29, 1.82) is 0 Å². The van der Waals surface area contributed by atoms with Crippen LogP contribution in [0.4, 0.5) is 5.13 Å². The van der Waals surface area contributed by atoms with Gasteiger partial charge in [0.05, 0.1) is 22.1 Å². The normalized spacial score (nSPS) is 11.4. The summed E-state index contributed by atoms with van der Waals surface area (Å²) in [6, 6.07) is 13.0. The molecule has 3 aromatic rings. The molecule has 0 aliphatic rings. The molecule has 0 radical (unpaired) electrons. The molecule has 2 aromatic heterocycles. The van der Waals surface area contributed by atoms with Gasteiger partial charge < -0.3 is 5.32 Å². The molecular formula is C18H18N2O3S3. The number of hydrogen-bond donors (Lipinski definition) is 1. The minimum atomic E-state index is -3.22. The van der Waals surface area contributed by atoms with Crippen LogP contribution in [-0.4, -0.2) is 25.1 Å². The SMILES string of the molecule is O=C(CCCS(=O)(=O)Cc1ccccc1)Nc1nc(-c2cccs2)cs1. The van der Waals surface area contributed by atoms with Crippen LogP contribution in [0.25, 0.3) is 10.6 Å². The van der Waals surface area contributed by atoms with Gasteiger partial charge in [0.25, 0.3) is 0 Å². The molecule has 0 aliphatic heterocycles. The molecule has 3 rings (SSSR count). The van der Waals surface area contributed by atoms with E-state index in [1.165, 1.54) is 11.3 Å². The topological polar surface area (TPSA) is 76.1 Å². The average molecular weight is 407 g/mol. The Balaban J connectivity index is 1.45. The number of benzene rings is 1. The second-order valence-corrected chi connectivity index (χ2v) is 9.73. The molecule has 0 atom stereocenters. The van der Waals surface area contributed by atoms with Crippen molar-refractivity contribution in [3.63, 3.8) is 0 Å². The van der Waals surface area contributed by atoms with Gasteiger partial charge in [-0.15, -0.1) is 22.7 Å². The van der Waals surface area contributed by atoms with E-state index < -0.39 is 9.84 Å². The second kappa shape index (κ2) is 8.57. The maximum absolute atomic E-state index is 12.1. The maximum Gasteiger partial charge on any atom is 0.226 e. The number of thiazole rings is 1. The molecule has 2 heterocycles. The molecule has 0 bridgehead atoms. The molecule has 1 amide bonds. The third-order valence-electron chi connectivity index (χ3n) is 3.61. The smallest absolute Gasteiger partial charge is 0.226 e. The van der Waals surface area contributed by atoms with Crippen molar-refractivity contribution in [2.75, 3.05) is 11.1 Å². The lowest BCUT2D eigenvalue weighted by atomic mass is 10.2. The van der Waals surface area contributed by atoms with Crippen molar-refractivity contribution in [2.24, 2.45) is 0 Å². The lowest BCUT2D eigenvalue weighted by Gasteiger charge is -2.05. The summed E-state index contributed by atoms with van der Waals surface area (Å²) < 4.78 is 24.3. The molecule has 8 heteroatoms. The Bertz CT molecular complexity index is 949. The largest absolute Gasteiger partial charge is 0.302 e. The van der Waals surface area contributed by atoms with Gasteiger partial charge in [0.15, 0.2) is 15.0 Å². The summed E-state index contributed by atoms with van der Waals surface area (Å²) in [6.45, 7) is 0. The summed E-state index contributed by atoms with van der Waals surface area (Å²) in [5.41, 5.74) is 1.60. The molecule has 1 aromatic carbocycles. The van der Waals surface area contributed by atoms with E-state index in [4.69, 9.17) is 0 Å². The lowest BCUT2D eigenvalue weighted by Crippen LogP contribution is -2.15. The number of thiophene rings is 1. The van der Waals surface area contributed by atoms with E-state index in [-0.39, 0.29) is 23.8 Å². The molecule has 0 saturated carbocycles. The fraction of sp³-hybridized carbons (Fsp3) is 0.222. The van der Waals surface area contributed by atoms with E-state index in [1.54, 1.807) is 23.5 Å². The summed E-state index contributed by atoms with van der Waals surface area (Å²) in [5.74, 6) is -0.216. The van der Waals surface area contributed by atoms with E-state index in [1.807, 2.05) is 41.1 Å². The number of sulfone groups is 1. The molecule has 5 nitrogen and oxygen atoms in total. The fourth-order valence-corrected chi connectivity index (χ4v) is 5.32. The summed E-state index contributed by atoms with van der Waals surface area (Å²) in [4.78, 5) is 17.4. The zero-order valence-corrected chi connectivity index (χ0v) is 16.4. The van der Waals surface area contributed by atoms with Crippen molar-refractivity contribution >= 4 is 43.5 Å². The first-order valence-corrected chi connectivity index (χ1v) is 11.6. The van der Waals surface area contributed by atoms with Crippen LogP contribution < -0.4 is 5.32 Å². The van der Waals surface area contributed by atoms with Crippen molar-refractivity contribution in [1.82, 2.24) is 4.98 Å². The molecule has 0 aliphatic carbocycles. The van der Waals surface area contributed by atoms with Crippen molar-refractivity contribution < 1.29 is 13.2 Å². The number of carbonyl (C=O) groups excluding carboxylic acids is 1. The van der Waals surface area contributed by atoms with Gasteiger partial charge in [0, 0.05) is 11.8 Å². The number of anilines is 1. The molecule has 0 fully saturated rings. The number of nitrogens with one attached hydrogen (secondary N) is 1. The monoisotopic (exact) mass is 406 g/mol. The molecule has 0 saturated heterocycles. The predicted molar refractivity (Wildman–Crippen MR) is 107 cm³/mol. The molecular weight excluding hydrogens is 388 g/mol. The number of hydrogen-bond acceptors (Lipinski definition) is 6. The van der Waals surface area contributed by atoms with Crippen LogP contribution in [0.3, 0.4) is 0 Å². The third kappa shape index (κ3) is 5.48. The predicted octanol–water partition coefficient (Wildman–Crippen LogP) is 4.21. The highest BCUT2D eigenvalue weighted by molar-refractivity contribution is 7.90. The van der Waals surface area contributed by atoms with Crippen LogP contribution in [0.2, 0.25) is 0 Å². The zero-order valence-electron chi connectivity index (χ0n) is 13.9. The van der Waals surface area contributed by atoms with Gasteiger partial charge >= 0.3 is 0 Å². The van der Waals surface area contributed by atoms with E-state index in [2.05, 4.69) is 10.3 Å². The first-order chi connectivity index (χ1) is 12.5. The highest BCUT2D eigenvalue weighted by atomic mass is 32.2. The van der Waals surface area contributed by atoms with Crippen LogP contribution in [-0.2, 0) is 20.4 Å². The van der Waals surface area contributed by atoms with Crippen molar-refractivity contribution in [2.45, 2.75) is 18.6 Å². The van der Waals surface area contributed by atoms with E-state index in [9.17, 15) is 13.2 Å². The summed E-state index contributed by atoms with van der Waals surface area (Å²) in [6.07, 6.45) is 0.450. The number of carbonyl (C=O) groups is 1. The van der Waals surface area contributed by atoms with Gasteiger partial charge in [0.1, 0.15) is 0 Å². The van der Waals surface area contributed by atoms with E-state index in [0.29, 0.717) is 11.6 Å². The third-order valence-corrected chi connectivity index (χ3v) is 6.95. The maximum atomic E-state index is 12.1. The molecule has 0 unspecified atom stereocenters. The fourth-order valence-electron chi connectivity index (χ4n) is 2.40. The van der Waals surface area contributed by atoms with Gasteiger partial charge in [-0.2, -0.15) is 0 Å². The van der Waals surface area contributed by atoms with Crippen molar-refractivity contribution in [3.05, 3.63) is 58.8 Å². The van der Waals surface area contributed by atoms with Gasteiger partial charge in [-0.05, 0) is 23.4 Å². The Kier molecular flexibility index (Phi) is 6.18. The lowest BCUT2D eigenvalue weighted by molar-refractivity contribution is -0.116. The standard InChI is InChI=1S/C18H18N2O3S3/c21-17(20-18-19-15(12-25-18)16-8-4-10-24-16)9-5-11-26(22,23)13-14-6-2-1-3-7-14/h1-4,6-8,10,12H,5,9,11,13H2,(H,19,20,21). The van der Waals surface area contributed by atoms with Crippen molar-refractivity contribution in [3.8, 4) is 10.6 Å². The molecule has 26 heavy (non-hydrogen) atoms. The highest BCUT2D eigenvalue weighted by Crippen LogP contribution is 2.28. The van der Waals surface area contributed by atoms with E-state index in [0.717, 1.165) is 16.1 Å². The van der Waals surface area contributed by atoms with Gasteiger partial charge in [0.2, 0.25) is 5.91 Å². The van der Waals surface area contributed by atoms with E-state index >= 15 is 0 Å². The Hall–Kier alpha value is -2.03. The second-order valence-electron chi connectivity index (χ2n) is 5.74. The minimum Gasteiger partial charge on any atom is -0.302 e. The average Bonchev–Trinajstić information content (AvgIpc) is 3.26.